The molecular weight excluding hydrogens is 328 g/mol. The Hall–Kier alpha value is -3.08. The van der Waals surface area contributed by atoms with E-state index >= 15 is 0 Å². The first-order valence-electron chi connectivity index (χ1n) is 8.48. The van der Waals surface area contributed by atoms with Gasteiger partial charge in [-0.15, -0.1) is 0 Å². The molecule has 3 rings (SSSR count). The van der Waals surface area contributed by atoms with Gasteiger partial charge in [0.15, 0.2) is 6.61 Å². The van der Waals surface area contributed by atoms with Crippen LogP contribution in [0.1, 0.15) is 32.7 Å². The van der Waals surface area contributed by atoms with Crippen molar-refractivity contribution in [1.29, 1.82) is 0 Å². The minimum Gasteiger partial charge on any atom is -0.452 e. The number of rotatable bonds is 4. The minimum atomic E-state index is -0.514. The monoisotopic (exact) mass is 350 g/mol. The van der Waals surface area contributed by atoms with Crippen LogP contribution in [0.2, 0.25) is 0 Å². The number of aryl methyl sites for hydroxylation is 4. The van der Waals surface area contributed by atoms with Gasteiger partial charge in [-0.25, -0.2) is 4.79 Å². The Bertz CT molecular complexity index is 1000. The third kappa shape index (κ3) is 3.61. The number of anilines is 1. The number of aromatic nitrogens is 1. The van der Waals surface area contributed by atoms with Crippen molar-refractivity contribution in [2.75, 3.05) is 11.9 Å². The molecule has 0 bridgehead atoms. The van der Waals surface area contributed by atoms with Crippen LogP contribution < -0.4 is 5.32 Å². The van der Waals surface area contributed by atoms with Crippen LogP contribution >= 0.6 is 0 Å². The van der Waals surface area contributed by atoms with Crippen LogP contribution in [0, 0.1) is 27.7 Å². The summed E-state index contributed by atoms with van der Waals surface area (Å²) < 4.78 is 5.15. The summed E-state index contributed by atoms with van der Waals surface area (Å²) in [5.74, 6) is -0.878. The van der Waals surface area contributed by atoms with Gasteiger partial charge in [-0.3, -0.25) is 4.79 Å². The van der Waals surface area contributed by atoms with Crippen LogP contribution in [0.4, 0.5) is 5.69 Å². The Balaban J connectivity index is 1.63. The summed E-state index contributed by atoms with van der Waals surface area (Å²) in [6.07, 6.45) is 0. The molecule has 0 unspecified atom stereocenters. The molecule has 1 aromatic heterocycles. The normalized spacial score (nSPS) is 10.8. The number of H-pyrrole nitrogens is 1. The van der Waals surface area contributed by atoms with Gasteiger partial charge in [-0.1, -0.05) is 6.07 Å². The van der Waals surface area contributed by atoms with Crippen molar-refractivity contribution in [2.24, 2.45) is 0 Å². The fourth-order valence-corrected chi connectivity index (χ4v) is 2.82. The number of amides is 1. The van der Waals surface area contributed by atoms with Crippen LogP contribution in [0.3, 0.4) is 0 Å². The second-order valence-electron chi connectivity index (χ2n) is 6.56. The molecule has 2 aromatic carbocycles. The van der Waals surface area contributed by atoms with Gasteiger partial charge in [-0.05, 0) is 74.7 Å². The zero-order valence-corrected chi connectivity index (χ0v) is 15.4. The highest BCUT2D eigenvalue weighted by Gasteiger charge is 2.13. The number of carbonyl (C=O) groups excluding carboxylic acids is 2. The fraction of sp³-hybridized carbons (Fsp3) is 0.238. The van der Waals surface area contributed by atoms with Gasteiger partial charge in [0.25, 0.3) is 5.91 Å². The third-order valence-corrected chi connectivity index (χ3v) is 4.67. The Kier molecular flexibility index (Phi) is 4.80. The van der Waals surface area contributed by atoms with Crippen LogP contribution in [0.5, 0.6) is 0 Å². The molecule has 0 saturated carbocycles. The zero-order chi connectivity index (χ0) is 18.8. The summed E-state index contributed by atoms with van der Waals surface area (Å²) in [6, 6.07) is 11.0. The Labute approximate surface area is 152 Å². The maximum Gasteiger partial charge on any atom is 0.338 e. The standard InChI is InChI=1S/C21H22N2O3/c1-12-5-7-17(9-13(12)2)23-20(24)11-26-21(25)16-6-8-19-18(10-16)14(3)15(4)22-19/h5-10,22H,11H2,1-4H3,(H,23,24). The van der Waals surface area contributed by atoms with Crippen molar-refractivity contribution in [3.63, 3.8) is 0 Å². The zero-order valence-electron chi connectivity index (χ0n) is 15.4. The average Bonchev–Trinajstić information content (AvgIpc) is 2.90. The number of esters is 1. The van der Waals surface area contributed by atoms with Gasteiger partial charge in [0.2, 0.25) is 0 Å². The van der Waals surface area contributed by atoms with Gasteiger partial charge >= 0.3 is 5.97 Å². The third-order valence-electron chi connectivity index (χ3n) is 4.67. The summed E-state index contributed by atoms with van der Waals surface area (Å²) in [5.41, 5.74) is 6.50. The number of ether oxygens (including phenoxy) is 1. The molecule has 0 aliphatic rings. The van der Waals surface area contributed by atoms with E-state index in [0.717, 1.165) is 33.3 Å². The lowest BCUT2D eigenvalue weighted by Gasteiger charge is -2.08. The lowest BCUT2D eigenvalue weighted by atomic mass is 10.1. The van der Waals surface area contributed by atoms with Crippen LogP contribution in [0.15, 0.2) is 36.4 Å². The average molecular weight is 350 g/mol. The SMILES string of the molecule is Cc1ccc(NC(=O)COC(=O)c2ccc3[nH]c(C)c(C)c3c2)cc1C. The summed E-state index contributed by atoms with van der Waals surface area (Å²) >= 11 is 0. The van der Waals surface area contributed by atoms with E-state index < -0.39 is 5.97 Å². The number of nitrogens with one attached hydrogen (secondary N) is 2. The number of hydrogen-bond acceptors (Lipinski definition) is 3. The highest BCUT2D eigenvalue weighted by Crippen LogP contribution is 2.22. The van der Waals surface area contributed by atoms with Gasteiger partial charge in [0, 0.05) is 22.3 Å². The topological polar surface area (TPSA) is 71.2 Å². The second-order valence-corrected chi connectivity index (χ2v) is 6.56. The first-order valence-corrected chi connectivity index (χ1v) is 8.48. The lowest BCUT2D eigenvalue weighted by Crippen LogP contribution is -2.21. The molecule has 5 nitrogen and oxygen atoms in total. The molecule has 0 spiro atoms. The molecule has 0 fully saturated rings. The molecule has 5 heteroatoms. The predicted octanol–water partition coefficient (Wildman–Crippen LogP) is 4.20. The number of aromatic amines is 1. The minimum absolute atomic E-state index is 0.324. The van der Waals surface area contributed by atoms with Crippen molar-refractivity contribution < 1.29 is 14.3 Å². The highest BCUT2D eigenvalue weighted by atomic mass is 16.5. The van der Waals surface area contributed by atoms with E-state index in [0.29, 0.717) is 11.3 Å². The molecule has 1 heterocycles. The molecule has 0 radical (unpaired) electrons. The fourth-order valence-electron chi connectivity index (χ4n) is 2.82. The molecule has 2 N–H and O–H groups in total. The maximum atomic E-state index is 12.2. The molecule has 134 valence electrons. The molecule has 1 amide bonds. The summed E-state index contributed by atoms with van der Waals surface area (Å²) in [6.45, 7) is 7.65. The Morgan fingerprint density at radius 3 is 2.50 bits per heavy atom. The van der Waals surface area contributed by atoms with E-state index in [-0.39, 0.29) is 12.5 Å². The van der Waals surface area contributed by atoms with Gasteiger partial charge in [-0.2, -0.15) is 0 Å². The summed E-state index contributed by atoms with van der Waals surface area (Å²) in [4.78, 5) is 27.5. The quantitative estimate of drug-likeness (QED) is 0.693. The molecule has 0 aliphatic heterocycles. The van der Waals surface area contributed by atoms with Crippen molar-refractivity contribution >= 4 is 28.5 Å². The van der Waals surface area contributed by atoms with Crippen molar-refractivity contribution in [1.82, 2.24) is 4.98 Å². The Morgan fingerprint density at radius 1 is 1.00 bits per heavy atom. The maximum absolute atomic E-state index is 12.2. The number of hydrogen-bond donors (Lipinski definition) is 2. The summed E-state index contributed by atoms with van der Waals surface area (Å²) in [7, 11) is 0. The summed E-state index contributed by atoms with van der Waals surface area (Å²) in [5, 5.41) is 3.72. The van der Waals surface area contributed by atoms with Gasteiger partial charge in [0.1, 0.15) is 0 Å². The van der Waals surface area contributed by atoms with Crippen molar-refractivity contribution in [3.8, 4) is 0 Å². The molecule has 26 heavy (non-hydrogen) atoms. The predicted molar refractivity (Wildman–Crippen MR) is 103 cm³/mol. The van der Waals surface area contributed by atoms with E-state index in [1.807, 2.05) is 52.0 Å². The van der Waals surface area contributed by atoms with E-state index in [9.17, 15) is 9.59 Å². The van der Waals surface area contributed by atoms with E-state index in [1.165, 1.54) is 0 Å². The van der Waals surface area contributed by atoms with Crippen LogP contribution in [-0.2, 0) is 9.53 Å². The van der Waals surface area contributed by atoms with Crippen LogP contribution in [-0.4, -0.2) is 23.5 Å². The first-order chi connectivity index (χ1) is 12.3. The molecule has 3 aromatic rings. The number of fused-ring (bicyclic) bond motifs is 1. The molecule has 0 aliphatic carbocycles. The first kappa shape index (κ1) is 17.7. The van der Waals surface area contributed by atoms with E-state index in [2.05, 4.69) is 10.3 Å². The number of carbonyl (C=O) groups is 2. The van der Waals surface area contributed by atoms with Gasteiger partial charge < -0.3 is 15.0 Å². The lowest BCUT2D eigenvalue weighted by molar-refractivity contribution is -0.119. The second kappa shape index (κ2) is 7.04. The number of benzene rings is 2. The smallest absolute Gasteiger partial charge is 0.338 e. The highest BCUT2D eigenvalue weighted by molar-refractivity contribution is 5.98. The Morgan fingerprint density at radius 2 is 1.77 bits per heavy atom. The molecule has 0 saturated heterocycles. The van der Waals surface area contributed by atoms with Crippen molar-refractivity contribution in [2.45, 2.75) is 27.7 Å². The van der Waals surface area contributed by atoms with E-state index in [1.54, 1.807) is 12.1 Å². The molecular formula is C21H22N2O3. The van der Waals surface area contributed by atoms with Gasteiger partial charge in [0.05, 0.1) is 5.56 Å². The van der Waals surface area contributed by atoms with Crippen molar-refractivity contribution in [3.05, 3.63) is 64.3 Å². The van der Waals surface area contributed by atoms with Crippen LogP contribution in [0.25, 0.3) is 10.9 Å². The van der Waals surface area contributed by atoms with E-state index in [4.69, 9.17) is 4.74 Å². The largest absolute Gasteiger partial charge is 0.452 e. The molecule has 0 atom stereocenters.